The maximum atomic E-state index is 11.6. The third kappa shape index (κ3) is 5.09. The fourth-order valence-corrected chi connectivity index (χ4v) is 1.64. The van der Waals surface area contributed by atoms with Crippen LogP contribution < -0.4 is 5.32 Å². The Balaban J connectivity index is 2.60. The highest BCUT2D eigenvalue weighted by Crippen LogP contribution is 2.06. The van der Waals surface area contributed by atoms with Crippen LogP contribution in [0.3, 0.4) is 0 Å². The largest absolute Gasteiger partial charge is 0.467 e. The van der Waals surface area contributed by atoms with E-state index in [-0.39, 0.29) is 0 Å². The Hall–Kier alpha value is -1.88. The van der Waals surface area contributed by atoms with Gasteiger partial charge in [-0.05, 0) is 25.3 Å². The Morgan fingerprint density at radius 3 is 2.47 bits per heavy atom. The lowest BCUT2D eigenvalue weighted by molar-refractivity contribution is -0.146. The summed E-state index contributed by atoms with van der Waals surface area (Å²) in [7, 11) is 1.27. The first-order valence-electron chi connectivity index (χ1n) is 6.14. The molecule has 1 aromatic carbocycles. The lowest BCUT2D eigenvalue weighted by Gasteiger charge is -2.17. The molecule has 0 heterocycles. The Kier molecular flexibility index (Phi) is 6.02. The van der Waals surface area contributed by atoms with Gasteiger partial charge in [0.1, 0.15) is 12.1 Å². The first-order chi connectivity index (χ1) is 9.04. The highest BCUT2D eigenvalue weighted by molar-refractivity contribution is 5.86. The summed E-state index contributed by atoms with van der Waals surface area (Å²) in [4.78, 5) is 23.0. The minimum absolute atomic E-state index is 0.426. The molecule has 1 amide bonds. The zero-order valence-electron chi connectivity index (χ0n) is 11.1. The van der Waals surface area contributed by atoms with Gasteiger partial charge in [-0.15, -0.1) is 0 Å². The van der Waals surface area contributed by atoms with Crippen LogP contribution in [0.4, 0.5) is 0 Å². The summed E-state index contributed by atoms with van der Waals surface area (Å²) in [5.74, 6) is -1.09. The molecule has 0 radical (unpaired) electrons. The molecule has 2 N–H and O–H groups in total. The molecule has 1 rings (SSSR count). The van der Waals surface area contributed by atoms with Crippen LogP contribution in [0.25, 0.3) is 0 Å². The molecule has 0 spiro atoms. The quantitative estimate of drug-likeness (QED) is 0.741. The summed E-state index contributed by atoms with van der Waals surface area (Å²) < 4.78 is 4.65. The van der Waals surface area contributed by atoms with Crippen molar-refractivity contribution in [2.75, 3.05) is 7.11 Å². The number of hydrogen-bond acceptors (Lipinski definition) is 4. The van der Waals surface area contributed by atoms with E-state index in [1.54, 1.807) is 0 Å². The Bertz CT molecular complexity index is 417. The summed E-state index contributed by atoms with van der Waals surface area (Å²) in [6, 6.07) is 8.90. The van der Waals surface area contributed by atoms with Gasteiger partial charge in [-0.25, -0.2) is 4.79 Å². The minimum atomic E-state index is -1.15. The maximum absolute atomic E-state index is 11.6. The zero-order chi connectivity index (χ0) is 14.3. The van der Waals surface area contributed by atoms with Crippen LogP contribution >= 0.6 is 0 Å². The van der Waals surface area contributed by atoms with Crippen molar-refractivity contribution < 1.29 is 19.4 Å². The van der Waals surface area contributed by atoms with E-state index in [4.69, 9.17) is 5.11 Å². The lowest BCUT2D eigenvalue weighted by Crippen LogP contribution is -2.45. The normalized spacial score (nSPS) is 13.4. The van der Waals surface area contributed by atoms with Gasteiger partial charge in [0, 0.05) is 0 Å². The number of methoxy groups -OCH3 is 1. The molecule has 1 aromatic rings. The topological polar surface area (TPSA) is 75.6 Å². The molecule has 19 heavy (non-hydrogen) atoms. The van der Waals surface area contributed by atoms with Gasteiger partial charge in [-0.1, -0.05) is 30.3 Å². The molecule has 1 unspecified atom stereocenters. The van der Waals surface area contributed by atoms with E-state index in [1.807, 2.05) is 30.3 Å². The van der Waals surface area contributed by atoms with Gasteiger partial charge in [-0.3, -0.25) is 4.79 Å². The number of hydrogen-bond donors (Lipinski definition) is 2. The third-order valence-electron chi connectivity index (χ3n) is 2.75. The maximum Gasteiger partial charge on any atom is 0.328 e. The molecule has 5 nitrogen and oxygen atoms in total. The van der Waals surface area contributed by atoms with E-state index in [9.17, 15) is 9.59 Å². The number of rotatable bonds is 6. The zero-order valence-corrected chi connectivity index (χ0v) is 11.1. The van der Waals surface area contributed by atoms with Gasteiger partial charge in [-0.2, -0.15) is 0 Å². The van der Waals surface area contributed by atoms with E-state index in [2.05, 4.69) is 10.1 Å². The van der Waals surface area contributed by atoms with Gasteiger partial charge < -0.3 is 15.2 Å². The number of esters is 1. The second-order valence-electron chi connectivity index (χ2n) is 4.28. The second kappa shape index (κ2) is 7.53. The summed E-state index contributed by atoms with van der Waals surface area (Å²) >= 11 is 0. The van der Waals surface area contributed by atoms with Crippen molar-refractivity contribution in [3.8, 4) is 0 Å². The summed E-state index contributed by atoms with van der Waals surface area (Å²) in [5.41, 5.74) is 1.07. The van der Waals surface area contributed by atoms with E-state index in [0.717, 1.165) is 5.56 Å². The Morgan fingerprint density at radius 1 is 1.32 bits per heavy atom. The third-order valence-corrected chi connectivity index (χ3v) is 2.75. The smallest absolute Gasteiger partial charge is 0.328 e. The van der Waals surface area contributed by atoms with Crippen molar-refractivity contribution in [1.82, 2.24) is 5.32 Å². The van der Waals surface area contributed by atoms with E-state index >= 15 is 0 Å². The number of aliphatic hydroxyl groups excluding tert-OH is 1. The minimum Gasteiger partial charge on any atom is -0.467 e. The number of amides is 1. The number of carbonyl (C=O) groups excluding carboxylic acids is 2. The summed E-state index contributed by atoms with van der Waals surface area (Å²) in [5, 5.41) is 11.6. The molecule has 104 valence electrons. The van der Waals surface area contributed by atoms with Crippen LogP contribution in [-0.4, -0.2) is 36.2 Å². The highest BCUT2D eigenvalue weighted by Gasteiger charge is 2.22. The molecule has 0 bridgehead atoms. The first kappa shape index (κ1) is 15.2. The van der Waals surface area contributed by atoms with Gasteiger partial charge in [0.05, 0.1) is 7.11 Å². The lowest BCUT2D eigenvalue weighted by atomic mass is 10.1. The Morgan fingerprint density at radius 2 is 1.95 bits per heavy atom. The predicted molar refractivity (Wildman–Crippen MR) is 70.4 cm³/mol. The van der Waals surface area contributed by atoms with Crippen molar-refractivity contribution in [3.05, 3.63) is 35.9 Å². The number of carbonyl (C=O) groups is 2. The van der Waals surface area contributed by atoms with Crippen LogP contribution in [0.2, 0.25) is 0 Å². The van der Waals surface area contributed by atoms with E-state index in [1.165, 1.54) is 14.0 Å². The summed E-state index contributed by atoms with van der Waals surface area (Å²) in [6.45, 7) is 1.35. The van der Waals surface area contributed by atoms with Crippen molar-refractivity contribution in [2.45, 2.75) is 31.9 Å². The van der Waals surface area contributed by atoms with Crippen LogP contribution in [0.15, 0.2) is 30.3 Å². The fraction of sp³-hybridized carbons (Fsp3) is 0.429. The van der Waals surface area contributed by atoms with Crippen LogP contribution in [0.1, 0.15) is 18.9 Å². The average Bonchev–Trinajstić information content (AvgIpc) is 2.43. The summed E-state index contributed by atoms with van der Waals surface area (Å²) in [6.07, 6.45) is -0.0839. The Labute approximate surface area is 112 Å². The molecular formula is C14H19NO4. The second-order valence-corrected chi connectivity index (χ2v) is 4.28. The van der Waals surface area contributed by atoms with E-state index in [0.29, 0.717) is 12.8 Å². The van der Waals surface area contributed by atoms with Crippen molar-refractivity contribution in [2.24, 2.45) is 0 Å². The molecule has 0 aliphatic carbocycles. The number of ether oxygens (including phenoxy) is 1. The molecule has 0 saturated heterocycles. The van der Waals surface area contributed by atoms with Gasteiger partial charge in [0.25, 0.3) is 0 Å². The van der Waals surface area contributed by atoms with E-state index < -0.39 is 24.0 Å². The predicted octanol–water partition coefficient (Wildman–Crippen LogP) is 0.658. The van der Waals surface area contributed by atoms with Gasteiger partial charge in [0.2, 0.25) is 5.91 Å². The van der Waals surface area contributed by atoms with Crippen LogP contribution in [0, 0.1) is 0 Å². The molecule has 0 fully saturated rings. The molecule has 0 aliphatic rings. The van der Waals surface area contributed by atoms with Crippen molar-refractivity contribution >= 4 is 11.9 Å². The van der Waals surface area contributed by atoms with Crippen LogP contribution in [0.5, 0.6) is 0 Å². The standard InChI is InChI=1S/C14H19NO4/c1-10(16)13(17)15-12(14(18)19-2)9-8-11-6-4-3-5-7-11/h3-7,10,12,16H,8-9H2,1-2H3,(H,15,17)/t10-,12?/m0/s1. The number of benzene rings is 1. The first-order valence-corrected chi connectivity index (χ1v) is 6.14. The fourth-order valence-electron chi connectivity index (χ4n) is 1.64. The van der Waals surface area contributed by atoms with Gasteiger partial charge >= 0.3 is 5.97 Å². The molecule has 0 aromatic heterocycles. The monoisotopic (exact) mass is 265 g/mol. The molecule has 0 saturated carbocycles. The molecular weight excluding hydrogens is 246 g/mol. The van der Waals surface area contributed by atoms with Crippen molar-refractivity contribution in [3.63, 3.8) is 0 Å². The average molecular weight is 265 g/mol. The number of aliphatic hydroxyl groups is 1. The number of aryl methyl sites for hydroxylation is 1. The SMILES string of the molecule is COC(=O)C(CCc1ccccc1)NC(=O)[C@H](C)O. The highest BCUT2D eigenvalue weighted by atomic mass is 16.5. The number of nitrogens with one attached hydrogen (secondary N) is 1. The molecule has 5 heteroatoms. The molecule has 0 aliphatic heterocycles. The van der Waals surface area contributed by atoms with Crippen LogP contribution in [-0.2, 0) is 20.7 Å². The van der Waals surface area contributed by atoms with Gasteiger partial charge in [0.15, 0.2) is 0 Å². The molecule has 2 atom stereocenters. The van der Waals surface area contributed by atoms with Crippen molar-refractivity contribution in [1.29, 1.82) is 0 Å².